The molecule has 2 N–H and O–H groups in total. The van der Waals surface area contributed by atoms with Crippen molar-refractivity contribution in [1.29, 1.82) is 0 Å². The fourth-order valence-electron chi connectivity index (χ4n) is 2.76. The van der Waals surface area contributed by atoms with Crippen LogP contribution in [0.25, 0.3) is 11.3 Å². The van der Waals surface area contributed by atoms with Crippen molar-refractivity contribution in [2.24, 2.45) is 5.73 Å². The van der Waals surface area contributed by atoms with Gasteiger partial charge in [0.1, 0.15) is 0 Å². The van der Waals surface area contributed by atoms with Crippen LogP contribution in [0.2, 0.25) is 10.0 Å². The van der Waals surface area contributed by atoms with Gasteiger partial charge < -0.3 is 15.1 Å². The number of piperidine rings is 1. The van der Waals surface area contributed by atoms with E-state index in [2.05, 4.69) is 4.98 Å². The number of carbonyl (C=O) groups excluding carboxylic acids is 1. The number of hydrogen-bond donors (Lipinski definition) is 1. The monoisotopic (exact) mass is 367 g/mol. The first-order chi connectivity index (χ1) is 11.5. The molecule has 5 nitrogen and oxygen atoms in total. The largest absolute Gasteiger partial charge is 0.441 e. The lowest BCUT2D eigenvalue weighted by Gasteiger charge is -2.30. The van der Waals surface area contributed by atoms with Crippen LogP contribution in [0.3, 0.4) is 0 Å². The molecule has 1 aromatic carbocycles. The molecule has 0 saturated carbocycles. The van der Waals surface area contributed by atoms with Crippen molar-refractivity contribution in [1.82, 2.24) is 9.88 Å². The molecule has 1 aliphatic rings. The SMILES string of the molecule is NC1CCN(C(=O)CCc2ncc(-c3ccc(Cl)cc3Cl)o2)CC1. The minimum absolute atomic E-state index is 0.117. The van der Waals surface area contributed by atoms with Gasteiger partial charge in [-0.3, -0.25) is 4.79 Å². The van der Waals surface area contributed by atoms with Gasteiger partial charge in [0.25, 0.3) is 0 Å². The first kappa shape index (κ1) is 17.3. The molecule has 0 aliphatic carbocycles. The van der Waals surface area contributed by atoms with Gasteiger partial charge in [-0.25, -0.2) is 4.98 Å². The maximum atomic E-state index is 12.2. The van der Waals surface area contributed by atoms with E-state index in [1.807, 2.05) is 4.90 Å². The average Bonchev–Trinajstić information content (AvgIpc) is 3.02. The molecule has 1 saturated heterocycles. The van der Waals surface area contributed by atoms with Crippen LogP contribution < -0.4 is 5.73 Å². The van der Waals surface area contributed by atoms with Crippen LogP contribution in [0.5, 0.6) is 0 Å². The fourth-order valence-corrected chi connectivity index (χ4v) is 3.26. The van der Waals surface area contributed by atoms with Crippen LogP contribution in [-0.2, 0) is 11.2 Å². The molecular formula is C17H19Cl2N3O2. The Morgan fingerprint density at radius 2 is 2.08 bits per heavy atom. The van der Waals surface area contributed by atoms with Crippen molar-refractivity contribution in [3.05, 3.63) is 40.3 Å². The van der Waals surface area contributed by atoms with Crippen molar-refractivity contribution >= 4 is 29.1 Å². The molecule has 0 atom stereocenters. The van der Waals surface area contributed by atoms with Gasteiger partial charge in [-0.1, -0.05) is 23.2 Å². The first-order valence-electron chi connectivity index (χ1n) is 7.96. The minimum Gasteiger partial charge on any atom is -0.441 e. The van der Waals surface area contributed by atoms with Crippen LogP contribution in [0.1, 0.15) is 25.2 Å². The zero-order valence-electron chi connectivity index (χ0n) is 13.2. The molecule has 128 valence electrons. The van der Waals surface area contributed by atoms with Crippen molar-refractivity contribution < 1.29 is 9.21 Å². The highest BCUT2D eigenvalue weighted by Crippen LogP contribution is 2.30. The molecule has 0 radical (unpaired) electrons. The highest BCUT2D eigenvalue weighted by atomic mass is 35.5. The standard InChI is InChI=1S/C17H19Cl2N3O2/c18-11-1-2-13(14(19)9-11)15-10-21-16(24-15)3-4-17(23)22-7-5-12(20)6-8-22/h1-2,9-10,12H,3-8,20H2. The van der Waals surface area contributed by atoms with E-state index in [9.17, 15) is 4.79 Å². The lowest BCUT2D eigenvalue weighted by Crippen LogP contribution is -2.42. The van der Waals surface area contributed by atoms with Crippen molar-refractivity contribution in [2.75, 3.05) is 13.1 Å². The number of nitrogens with zero attached hydrogens (tertiary/aromatic N) is 2. The molecule has 0 spiro atoms. The molecule has 2 aromatic rings. The number of carbonyl (C=O) groups is 1. The number of rotatable bonds is 4. The van der Waals surface area contributed by atoms with Crippen molar-refractivity contribution in [3.8, 4) is 11.3 Å². The molecule has 1 aliphatic heterocycles. The minimum atomic E-state index is 0.117. The van der Waals surface area contributed by atoms with Gasteiger partial charge in [-0.15, -0.1) is 0 Å². The molecule has 1 aromatic heterocycles. The molecule has 1 fully saturated rings. The van der Waals surface area contributed by atoms with E-state index in [-0.39, 0.29) is 11.9 Å². The second-order valence-electron chi connectivity index (χ2n) is 5.96. The number of halogens is 2. The second-order valence-corrected chi connectivity index (χ2v) is 6.80. The number of aromatic nitrogens is 1. The van der Waals surface area contributed by atoms with Crippen LogP contribution in [-0.4, -0.2) is 34.9 Å². The Kier molecular flexibility index (Phi) is 5.43. The van der Waals surface area contributed by atoms with E-state index < -0.39 is 0 Å². The summed E-state index contributed by atoms with van der Waals surface area (Å²) in [6.45, 7) is 1.47. The lowest BCUT2D eigenvalue weighted by molar-refractivity contribution is -0.132. The molecule has 1 amide bonds. The number of amides is 1. The zero-order chi connectivity index (χ0) is 17.1. The third kappa shape index (κ3) is 4.09. The molecule has 3 rings (SSSR count). The van der Waals surface area contributed by atoms with Crippen LogP contribution in [0.15, 0.2) is 28.8 Å². The summed E-state index contributed by atoms with van der Waals surface area (Å²) in [6, 6.07) is 5.41. The second kappa shape index (κ2) is 7.55. The van der Waals surface area contributed by atoms with Gasteiger partial charge in [0.15, 0.2) is 11.7 Å². The third-order valence-electron chi connectivity index (χ3n) is 4.20. The molecule has 7 heteroatoms. The van der Waals surface area contributed by atoms with Gasteiger partial charge in [0.05, 0.1) is 11.2 Å². The first-order valence-corrected chi connectivity index (χ1v) is 8.72. The van der Waals surface area contributed by atoms with Gasteiger partial charge in [-0.05, 0) is 31.0 Å². The van der Waals surface area contributed by atoms with Gasteiger partial charge in [-0.2, -0.15) is 0 Å². The summed E-state index contributed by atoms with van der Waals surface area (Å²) in [7, 11) is 0. The van der Waals surface area contributed by atoms with Gasteiger partial charge >= 0.3 is 0 Å². The van der Waals surface area contributed by atoms with Crippen molar-refractivity contribution in [2.45, 2.75) is 31.7 Å². The number of aryl methyl sites for hydroxylation is 1. The van der Waals surface area contributed by atoms with E-state index in [1.54, 1.807) is 24.4 Å². The smallest absolute Gasteiger partial charge is 0.223 e. The van der Waals surface area contributed by atoms with Crippen LogP contribution in [0.4, 0.5) is 0 Å². The Labute approximate surface area is 150 Å². The predicted octanol–water partition coefficient (Wildman–Crippen LogP) is 3.53. The van der Waals surface area contributed by atoms with E-state index in [0.29, 0.717) is 34.5 Å². The number of nitrogens with two attached hydrogens (primary N) is 1. The lowest BCUT2D eigenvalue weighted by atomic mass is 10.1. The third-order valence-corrected chi connectivity index (χ3v) is 4.74. The van der Waals surface area contributed by atoms with Crippen LogP contribution in [0, 0.1) is 0 Å². The summed E-state index contributed by atoms with van der Waals surface area (Å²) in [5.74, 6) is 1.22. The van der Waals surface area contributed by atoms with E-state index in [4.69, 9.17) is 33.4 Å². The normalized spacial score (nSPS) is 15.7. The topological polar surface area (TPSA) is 72.4 Å². The number of benzene rings is 1. The Balaban J connectivity index is 1.59. The van der Waals surface area contributed by atoms with E-state index in [1.165, 1.54) is 0 Å². The molecule has 24 heavy (non-hydrogen) atoms. The summed E-state index contributed by atoms with van der Waals surface area (Å²) < 4.78 is 5.72. The van der Waals surface area contributed by atoms with E-state index in [0.717, 1.165) is 31.5 Å². The molecular weight excluding hydrogens is 349 g/mol. The molecule has 2 heterocycles. The predicted molar refractivity (Wildman–Crippen MR) is 94.1 cm³/mol. The Hall–Kier alpha value is -1.56. The average molecular weight is 368 g/mol. The summed E-state index contributed by atoms with van der Waals surface area (Å²) >= 11 is 12.1. The maximum absolute atomic E-state index is 12.2. The van der Waals surface area contributed by atoms with E-state index >= 15 is 0 Å². The number of likely N-dealkylation sites (tertiary alicyclic amines) is 1. The highest BCUT2D eigenvalue weighted by molar-refractivity contribution is 6.36. The Morgan fingerprint density at radius 1 is 1.33 bits per heavy atom. The summed E-state index contributed by atoms with van der Waals surface area (Å²) in [5, 5.41) is 1.07. The summed E-state index contributed by atoms with van der Waals surface area (Å²) in [4.78, 5) is 18.3. The highest BCUT2D eigenvalue weighted by Gasteiger charge is 2.21. The van der Waals surface area contributed by atoms with Gasteiger partial charge in [0, 0.05) is 42.6 Å². The number of hydrogen-bond acceptors (Lipinski definition) is 4. The summed E-state index contributed by atoms with van der Waals surface area (Å²) in [6.07, 6.45) is 4.19. The number of oxazole rings is 1. The van der Waals surface area contributed by atoms with Crippen molar-refractivity contribution in [3.63, 3.8) is 0 Å². The quantitative estimate of drug-likeness (QED) is 0.896. The fraction of sp³-hybridized carbons (Fsp3) is 0.412. The van der Waals surface area contributed by atoms with Gasteiger partial charge in [0.2, 0.25) is 5.91 Å². The zero-order valence-corrected chi connectivity index (χ0v) is 14.7. The molecule has 0 unspecified atom stereocenters. The van der Waals surface area contributed by atoms with Crippen LogP contribution >= 0.6 is 23.2 Å². The molecule has 0 bridgehead atoms. The maximum Gasteiger partial charge on any atom is 0.223 e. The Morgan fingerprint density at radius 3 is 2.79 bits per heavy atom. The summed E-state index contributed by atoms with van der Waals surface area (Å²) in [5.41, 5.74) is 6.59. The Bertz CT molecular complexity index is 724.